The Morgan fingerprint density at radius 1 is 0.639 bits per heavy atom. The number of rotatable bonds is 8. The van der Waals surface area contributed by atoms with Crippen LogP contribution in [0.25, 0.3) is 21.8 Å². The predicted molar refractivity (Wildman–Crippen MR) is 144 cm³/mol. The Balaban J connectivity index is 1.24. The molecule has 0 spiro atoms. The van der Waals surface area contributed by atoms with Crippen molar-refractivity contribution in [3.05, 3.63) is 96.3 Å². The number of nitrogens with one attached hydrogen (secondary N) is 4. The smallest absolute Gasteiger partial charge is 0.241 e. The summed E-state index contributed by atoms with van der Waals surface area (Å²) in [4.78, 5) is 32.2. The molecule has 0 saturated carbocycles. The minimum Gasteiger partial charge on any atom is -0.361 e. The third-order valence-corrected chi connectivity index (χ3v) is 6.35. The number of nitrogens with two attached hydrogens (primary N) is 2. The van der Waals surface area contributed by atoms with Gasteiger partial charge in [0.2, 0.25) is 11.8 Å². The Morgan fingerprint density at radius 3 is 1.47 bits per heavy atom. The summed E-state index contributed by atoms with van der Waals surface area (Å²) in [6, 6.07) is 21.2. The molecule has 182 valence electrons. The van der Waals surface area contributed by atoms with Gasteiger partial charge >= 0.3 is 0 Å². The van der Waals surface area contributed by atoms with Crippen LogP contribution in [0.4, 0.5) is 11.4 Å². The zero-order valence-electron chi connectivity index (χ0n) is 19.6. The highest BCUT2D eigenvalue weighted by atomic mass is 16.2. The van der Waals surface area contributed by atoms with Gasteiger partial charge in [0.05, 0.1) is 23.5 Å². The number of amides is 2. The summed E-state index contributed by atoms with van der Waals surface area (Å²) < 4.78 is 0. The molecule has 2 aromatic heterocycles. The molecule has 8 nitrogen and oxygen atoms in total. The maximum Gasteiger partial charge on any atom is 0.241 e. The molecule has 0 aliphatic carbocycles. The summed E-state index contributed by atoms with van der Waals surface area (Å²) in [5.74, 6) is -0.685. The SMILES string of the molecule is N[C@@H](Cc1c[nH]c2ccccc12)C(=O)Nc1ccccc1NC(=O)[C@@H](N)Cc1c[nH]c2ccccc12. The fourth-order valence-corrected chi connectivity index (χ4v) is 4.41. The van der Waals surface area contributed by atoms with E-state index >= 15 is 0 Å². The van der Waals surface area contributed by atoms with Crippen molar-refractivity contribution in [3.8, 4) is 0 Å². The van der Waals surface area contributed by atoms with Crippen molar-refractivity contribution in [1.29, 1.82) is 0 Å². The molecule has 3 aromatic carbocycles. The highest BCUT2D eigenvalue weighted by Gasteiger charge is 2.20. The largest absolute Gasteiger partial charge is 0.361 e. The first kappa shape index (κ1) is 23.3. The lowest BCUT2D eigenvalue weighted by Crippen LogP contribution is -2.39. The highest BCUT2D eigenvalue weighted by molar-refractivity contribution is 6.03. The van der Waals surface area contributed by atoms with Crippen molar-refractivity contribution in [2.24, 2.45) is 11.5 Å². The Morgan fingerprint density at radius 2 is 1.03 bits per heavy atom. The van der Waals surface area contributed by atoms with Crippen molar-refractivity contribution in [2.75, 3.05) is 10.6 Å². The van der Waals surface area contributed by atoms with Gasteiger partial charge in [0.25, 0.3) is 0 Å². The van der Waals surface area contributed by atoms with Crippen LogP contribution in [0.5, 0.6) is 0 Å². The van der Waals surface area contributed by atoms with Crippen LogP contribution < -0.4 is 22.1 Å². The van der Waals surface area contributed by atoms with Gasteiger partial charge in [-0.3, -0.25) is 9.59 Å². The molecule has 0 saturated heterocycles. The maximum atomic E-state index is 12.9. The van der Waals surface area contributed by atoms with Gasteiger partial charge in [-0.25, -0.2) is 0 Å². The van der Waals surface area contributed by atoms with Crippen LogP contribution in [0.3, 0.4) is 0 Å². The van der Waals surface area contributed by atoms with E-state index in [4.69, 9.17) is 11.5 Å². The van der Waals surface area contributed by atoms with E-state index in [9.17, 15) is 9.59 Å². The summed E-state index contributed by atoms with van der Waals surface area (Å²) in [6.07, 6.45) is 4.50. The molecule has 36 heavy (non-hydrogen) atoms. The first-order valence-electron chi connectivity index (χ1n) is 11.8. The number of anilines is 2. The minimum atomic E-state index is -0.767. The van der Waals surface area contributed by atoms with Gasteiger partial charge in [0, 0.05) is 34.2 Å². The number of fused-ring (bicyclic) bond motifs is 2. The van der Waals surface area contributed by atoms with E-state index < -0.39 is 12.1 Å². The van der Waals surface area contributed by atoms with Crippen molar-refractivity contribution in [3.63, 3.8) is 0 Å². The lowest BCUT2D eigenvalue weighted by Gasteiger charge is -2.17. The molecule has 2 atom stereocenters. The van der Waals surface area contributed by atoms with Crippen LogP contribution in [0, 0.1) is 0 Å². The topological polar surface area (TPSA) is 142 Å². The molecule has 8 N–H and O–H groups in total. The minimum absolute atomic E-state index is 0.343. The average molecular weight is 481 g/mol. The average Bonchev–Trinajstić information content (AvgIpc) is 3.49. The second-order valence-electron chi connectivity index (χ2n) is 8.86. The lowest BCUT2D eigenvalue weighted by atomic mass is 10.0. The summed E-state index contributed by atoms with van der Waals surface area (Å²) in [6.45, 7) is 0. The Kier molecular flexibility index (Phi) is 6.53. The van der Waals surface area contributed by atoms with Crippen molar-refractivity contribution in [2.45, 2.75) is 24.9 Å². The number of hydrogen-bond acceptors (Lipinski definition) is 4. The van der Waals surface area contributed by atoms with Gasteiger partial charge in [-0.1, -0.05) is 48.5 Å². The van der Waals surface area contributed by atoms with E-state index in [-0.39, 0.29) is 11.8 Å². The van der Waals surface area contributed by atoms with E-state index in [1.54, 1.807) is 24.3 Å². The highest BCUT2D eigenvalue weighted by Crippen LogP contribution is 2.24. The number of carbonyl (C=O) groups excluding carboxylic acids is 2. The quantitative estimate of drug-likeness (QED) is 0.201. The van der Waals surface area contributed by atoms with E-state index in [1.807, 2.05) is 60.9 Å². The Bertz CT molecular complexity index is 1420. The fraction of sp³-hybridized carbons (Fsp3) is 0.143. The van der Waals surface area contributed by atoms with Gasteiger partial charge in [0.1, 0.15) is 0 Å². The van der Waals surface area contributed by atoms with Gasteiger partial charge in [-0.2, -0.15) is 0 Å². The number of para-hydroxylation sites is 4. The van der Waals surface area contributed by atoms with Crippen LogP contribution >= 0.6 is 0 Å². The van der Waals surface area contributed by atoms with Crippen LogP contribution in [0.1, 0.15) is 11.1 Å². The van der Waals surface area contributed by atoms with E-state index in [2.05, 4.69) is 20.6 Å². The van der Waals surface area contributed by atoms with E-state index in [1.165, 1.54) is 0 Å². The van der Waals surface area contributed by atoms with Crippen LogP contribution in [0.2, 0.25) is 0 Å². The van der Waals surface area contributed by atoms with E-state index in [0.717, 1.165) is 32.9 Å². The number of benzene rings is 3. The number of carbonyl (C=O) groups is 2. The lowest BCUT2D eigenvalue weighted by molar-refractivity contribution is -0.118. The van der Waals surface area contributed by atoms with Crippen LogP contribution in [-0.2, 0) is 22.4 Å². The van der Waals surface area contributed by atoms with Crippen LogP contribution in [-0.4, -0.2) is 33.9 Å². The number of aromatic amines is 2. The fourth-order valence-electron chi connectivity index (χ4n) is 4.41. The number of H-pyrrole nitrogens is 2. The zero-order chi connectivity index (χ0) is 25.1. The molecular formula is C28H28N6O2. The third-order valence-electron chi connectivity index (χ3n) is 6.35. The Hall–Kier alpha value is -4.40. The molecule has 0 radical (unpaired) electrons. The molecular weight excluding hydrogens is 452 g/mol. The molecule has 2 heterocycles. The predicted octanol–water partition coefficient (Wildman–Crippen LogP) is 3.67. The van der Waals surface area contributed by atoms with E-state index in [0.29, 0.717) is 24.2 Å². The molecule has 5 aromatic rings. The molecule has 0 fully saturated rings. The normalized spacial score (nSPS) is 12.9. The second-order valence-corrected chi connectivity index (χ2v) is 8.86. The molecule has 8 heteroatoms. The Labute approximate surface area is 208 Å². The van der Waals surface area contributed by atoms with Gasteiger partial charge in [-0.15, -0.1) is 0 Å². The monoisotopic (exact) mass is 480 g/mol. The molecule has 0 unspecified atom stereocenters. The first-order valence-corrected chi connectivity index (χ1v) is 11.8. The standard InChI is InChI=1S/C28H28N6O2/c29-21(13-17-15-31-23-9-3-1-7-19(17)23)27(35)33-25-11-5-6-12-26(25)34-28(36)22(30)14-18-16-32-24-10-4-2-8-20(18)24/h1-12,15-16,21-22,31-32H,13-14,29-30H2,(H,33,35)(H,34,36)/t21-,22-/m0/s1. The summed E-state index contributed by atoms with van der Waals surface area (Å²) in [5.41, 5.74) is 17.3. The molecule has 0 aliphatic rings. The maximum absolute atomic E-state index is 12.9. The van der Waals surface area contributed by atoms with Crippen molar-refractivity contribution >= 4 is 45.0 Å². The van der Waals surface area contributed by atoms with Gasteiger partial charge < -0.3 is 32.1 Å². The molecule has 5 rings (SSSR count). The summed E-state index contributed by atoms with van der Waals surface area (Å²) >= 11 is 0. The van der Waals surface area contributed by atoms with Crippen molar-refractivity contribution in [1.82, 2.24) is 9.97 Å². The zero-order valence-corrected chi connectivity index (χ0v) is 19.6. The second kappa shape index (κ2) is 10.1. The molecule has 0 bridgehead atoms. The number of hydrogen-bond donors (Lipinski definition) is 6. The molecule has 0 aliphatic heterocycles. The van der Waals surface area contributed by atoms with Crippen LogP contribution in [0.15, 0.2) is 85.2 Å². The molecule has 2 amide bonds. The summed E-state index contributed by atoms with van der Waals surface area (Å²) in [7, 11) is 0. The van der Waals surface area contributed by atoms with Gasteiger partial charge in [0.15, 0.2) is 0 Å². The summed E-state index contributed by atoms with van der Waals surface area (Å²) in [5, 5.41) is 7.78. The first-order chi connectivity index (χ1) is 17.5. The third kappa shape index (κ3) is 4.86. The number of aromatic nitrogens is 2. The van der Waals surface area contributed by atoms with Crippen molar-refractivity contribution < 1.29 is 9.59 Å². The van der Waals surface area contributed by atoms with Gasteiger partial charge in [-0.05, 0) is 48.2 Å².